The number of nitrogens with one attached hydrogen (secondary N) is 2. The summed E-state index contributed by atoms with van der Waals surface area (Å²) in [6.45, 7) is 8.66. The highest BCUT2D eigenvalue weighted by Gasteiger charge is 2.17. The van der Waals surface area contributed by atoms with Crippen LogP contribution in [0.5, 0.6) is 0 Å². The molecule has 0 bridgehead atoms. The number of carbonyl (C=O) groups is 1. The second-order valence-electron chi connectivity index (χ2n) is 6.14. The number of hydrogen-bond donors (Lipinski definition) is 2. The summed E-state index contributed by atoms with van der Waals surface area (Å²) in [4.78, 5) is 18.4. The van der Waals surface area contributed by atoms with Gasteiger partial charge in [-0.05, 0) is 32.6 Å². The number of hydrogen-bond acceptors (Lipinski definition) is 3. The molecule has 142 valence electrons. The van der Waals surface area contributed by atoms with E-state index in [0.29, 0.717) is 19.0 Å². The predicted molar refractivity (Wildman–Crippen MR) is 120 cm³/mol. The van der Waals surface area contributed by atoms with Gasteiger partial charge in [0, 0.05) is 31.4 Å². The molecular formula is C18H31IN4OS. The Kier molecular flexibility index (Phi) is 11.9. The first-order chi connectivity index (χ1) is 11.4. The third-order valence-electron chi connectivity index (χ3n) is 3.82. The third-order valence-corrected chi connectivity index (χ3v) is 5.07. The first kappa shape index (κ1) is 24.0. The van der Waals surface area contributed by atoms with Gasteiger partial charge in [0.1, 0.15) is 0 Å². The van der Waals surface area contributed by atoms with E-state index >= 15 is 0 Å². The van der Waals surface area contributed by atoms with Crippen molar-refractivity contribution in [3.63, 3.8) is 0 Å². The summed E-state index contributed by atoms with van der Waals surface area (Å²) in [6, 6.07) is 10.0. The SMILES string of the molecule is CCN(Cc1ccccc1)C(=O)CNC(=NC)NCC(C)(C)SC.I. The van der Waals surface area contributed by atoms with Crippen LogP contribution in [0.25, 0.3) is 0 Å². The maximum atomic E-state index is 12.4. The van der Waals surface area contributed by atoms with Crippen molar-refractivity contribution in [1.29, 1.82) is 0 Å². The number of carbonyl (C=O) groups excluding carboxylic acids is 1. The third kappa shape index (κ3) is 9.34. The van der Waals surface area contributed by atoms with Gasteiger partial charge in [0.05, 0.1) is 6.54 Å². The highest BCUT2D eigenvalue weighted by molar-refractivity contribution is 14.0. The van der Waals surface area contributed by atoms with Crippen molar-refractivity contribution in [2.24, 2.45) is 4.99 Å². The van der Waals surface area contributed by atoms with E-state index in [9.17, 15) is 4.79 Å². The van der Waals surface area contributed by atoms with Gasteiger partial charge in [0.2, 0.25) is 5.91 Å². The molecule has 0 radical (unpaired) electrons. The Labute approximate surface area is 173 Å². The zero-order valence-electron chi connectivity index (χ0n) is 15.8. The predicted octanol–water partition coefficient (Wildman–Crippen LogP) is 2.96. The second-order valence-corrected chi connectivity index (χ2v) is 7.65. The standard InChI is InChI=1S/C18H30N4OS.HI/c1-6-22(13-15-10-8-7-9-11-15)16(23)12-20-17(19-4)21-14-18(2,3)24-5;/h7-11H,6,12-14H2,1-5H3,(H2,19,20,21);1H. The molecular weight excluding hydrogens is 447 g/mol. The van der Waals surface area contributed by atoms with Crippen LogP contribution in [0.2, 0.25) is 0 Å². The van der Waals surface area contributed by atoms with Crippen molar-refractivity contribution in [3.8, 4) is 0 Å². The first-order valence-electron chi connectivity index (χ1n) is 8.23. The Bertz CT molecular complexity index is 537. The Morgan fingerprint density at radius 1 is 1.24 bits per heavy atom. The van der Waals surface area contributed by atoms with E-state index < -0.39 is 0 Å². The molecule has 0 aliphatic carbocycles. The maximum Gasteiger partial charge on any atom is 0.242 e. The number of guanidine groups is 1. The number of likely N-dealkylation sites (N-methyl/N-ethyl adjacent to an activating group) is 1. The number of aliphatic imine (C=N–C) groups is 1. The molecule has 1 rings (SSSR count). The van der Waals surface area contributed by atoms with Gasteiger partial charge in [-0.2, -0.15) is 11.8 Å². The van der Waals surface area contributed by atoms with Gasteiger partial charge in [0.25, 0.3) is 0 Å². The van der Waals surface area contributed by atoms with Gasteiger partial charge in [0.15, 0.2) is 5.96 Å². The van der Waals surface area contributed by atoms with Crippen LogP contribution in [-0.4, -0.2) is 54.5 Å². The van der Waals surface area contributed by atoms with Crippen molar-refractivity contribution in [1.82, 2.24) is 15.5 Å². The number of amides is 1. The molecule has 0 saturated carbocycles. The molecule has 2 N–H and O–H groups in total. The lowest BCUT2D eigenvalue weighted by Crippen LogP contribution is -2.47. The molecule has 0 spiro atoms. The summed E-state index contributed by atoms with van der Waals surface area (Å²) < 4.78 is 0.115. The number of rotatable bonds is 8. The maximum absolute atomic E-state index is 12.4. The van der Waals surface area contributed by atoms with Gasteiger partial charge < -0.3 is 15.5 Å². The Balaban J connectivity index is 0.00000576. The summed E-state index contributed by atoms with van der Waals surface area (Å²) in [6.07, 6.45) is 2.09. The topological polar surface area (TPSA) is 56.7 Å². The minimum absolute atomic E-state index is 0. The monoisotopic (exact) mass is 478 g/mol. The molecule has 7 heteroatoms. The fourth-order valence-electron chi connectivity index (χ4n) is 2.04. The number of halogens is 1. The van der Waals surface area contributed by atoms with E-state index in [-0.39, 0.29) is 41.2 Å². The molecule has 25 heavy (non-hydrogen) atoms. The van der Waals surface area contributed by atoms with Crippen LogP contribution < -0.4 is 10.6 Å². The van der Waals surface area contributed by atoms with Crippen LogP contribution in [0, 0.1) is 0 Å². The van der Waals surface area contributed by atoms with Crippen LogP contribution in [-0.2, 0) is 11.3 Å². The van der Waals surface area contributed by atoms with Crippen LogP contribution in [0.4, 0.5) is 0 Å². The van der Waals surface area contributed by atoms with E-state index in [1.807, 2.05) is 42.2 Å². The molecule has 1 aromatic rings. The molecule has 0 saturated heterocycles. The fourth-order valence-corrected chi connectivity index (χ4v) is 2.26. The summed E-state index contributed by atoms with van der Waals surface area (Å²) in [7, 11) is 1.72. The average Bonchev–Trinajstić information content (AvgIpc) is 2.60. The molecule has 0 aromatic heterocycles. The Morgan fingerprint density at radius 3 is 2.40 bits per heavy atom. The lowest BCUT2D eigenvalue weighted by Gasteiger charge is -2.25. The molecule has 0 unspecified atom stereocenters. The number of benzene rings is 1. The highest BCUT2D eigenvalue weighted by Crippen LogP contribution is 2.19. The van der Waals surface area contributed by atoms with Crippen LogP contribution in [0.15, 0.2) is 35.3 Å². The summed E-state index contributed by atoms with van der Waals surface area (Å²) in [5, 5.41) is 6.37. The zero-order valence-corrected chi connectivity index (χ0v) is 19.0. The fraction of sp³-hybridized carbons (Fsp3) is 0.556. The molecule has 1 aromatic carbocycles. The zero-order chi connectivity index (χ0) is 18.0. The van der Waals surface area contributed by atoms with E-state index in [4.69, 9.17) is 0 Å². The lowest BCUT2D eigenvalue weighted by molar-refractivity contribution is -0.130. The minimum Gasteiger partial charge on any atom is -0.355 e. The van der Waals surface area contributed by atoms with Crippen molar-refractivity contribution in [2.45, 2.75) is 32.1 Å². The second kappa shape index (κ2) is 12.4. The molecule has 1 amide bonds. The summed E-state index contributed by atoms with van der Waals surface area (Å²) in [5.41, 5.74) is 1.14. The van der Waals surface area contributed by atoms with E-state index in [1.54, 1.807) is 18.8 Å². The minimum atomic E-state index is 0. The summed E-state index contributed by atoms with van der Waals surface area (Å²) >= 11 is 1.79. The van der Waals surface area contributed by atoms with E-state index in [2.05, 4.69) is 35.7 Å². The highest BCUT2D eigenvalue weighted by atomic mass is 127. The number of thioether (sulfide) groups is 1. The van der Waals surface area contributed by atoms with Gasteiger partial charge in [-0.25, -0.2) is 0 Å². The van der Waals surface area contributed by atoms with Crippen LogP contribution in [0.1, 0.15) is 26.3 Å². The summed E-state index contributed by atoms with van der Waals surface area (Å²) in [5.74, 6) is 0.717. The van der Waals surface area contributed by atoms with Gasteiger partial charge in [-0.3, -0.25) is 9.79 Å². The lowest BCUT2D eigenvalue weighted by atomic mass is 10.2. The van der Waals surface area contributed by atoms with E-state index in [1.165, 1.54) is 0 Å². The van der Waals surface area contributed by atoms with Crippen LogP contribution in [0.3, 0.4) is 0 Å². The van der Waals surface area contributed by atoms with E-state index in [0.717, 1.165) is 12.1 Å². The molecule has 0 fully saturated rings. The van der Waals surface area contributed by atoms with Gasteiger partial charge in [-0.15, -0.1) is 24.0 Å². The Hall–Kier alpha value is -0.960. The van der Waals surface area contributed by atoms with Crippen molar-refractivity contribution in [3.05, 3.63) is 35.9 Å². The quantitative estimate of drug-likeness (QED) is 0.343. The van der Waals surface area contributed by atoms with Gasteiger partial charge >= 0.3 is 0 Å². The average molecular weight is 478 g/mol. The molecule has 0 aliphatic heterocycles. The van der Waals surface area contributed by atoms with Crippen LogP contribution >= 0.6 is 35.7 Å². The van der Waals surface area contributed by atoms with Crippen molar-refractivity contribution >= 4 is 47.6 Å². The van der Waals surface area contributed by atoms with Crippen molar-refractivity contribution < 1.29 is 4.79 Å². The molecule has 0 heterocycles. The molecule has 0 atom stereocenters. The normalized spacial score (nSPS) is 11.5. The largest absolute Gasteiger partial charge is 0.355 e. The molecule has 5 nitrogen and oxygen atoms in total. The smallest absolute Gasteiger partial charge is 0.242 e. The Morgan fingerprint density at radius 2 is 1.88 bits per heavy atom. The first-order valence-corrected chi connectivity index (χ1v) is 9.45. The van der Waals surface area contributed by atoms with Crippen molar-refractivity contribution in [2.75, 3.05) is 32.9 Å². The number of nitrogens with zero attached hydrogens (tertiary/aromatic N) is 2. The molecule has 0 aliphatic rings. The van der Waals surface area contributed by atoms with Gasteiger partial charge in [-0.1, -0.05) is 30.3 Å².